The zero-order valence-electron chi connectivity index (χ0n) is 13.8. The molecule has 2 aromatic rings. The van der Waals surface area contributed by atoms with Crippen molar-refractivity contribution in [2.24, 2.45) is 0 Å². The van der Waals surface area contributed by atoms with Gasteiger partial charge in [-0.2, -0.15) is 0 Å². The first kappa shape index (κ1) is 18.8. The maximum Gasteiger partial charge on any atom is 0.273 e. The normalized spacial score (nSPS) is 15.6. The minimum atomic E-state index is -1.41. The van der Waals surface area contributed by atoms with Gasteiger partial charge in [-0.3, -0.25) is 19.8 Å². The Morgan fingerprint density at radius 2 is 2.11 bits per heavy atom. The number of carboxylic acid groups (broad SMARTS) is 1. The van der Waals surface area contributed by atoms with Gasteiger partial charge >= 0.3 is 0 Å². The van der Waals surface area contributed by atoms with Crippen LogP contribution in [0.1, 0.15) is 11.3 Å². The molecule has 1 amide bonds. The molecule has 0 radical (unpaired) electrons. The summed E-state index contributed by atoms with van der Waals surface area (Å²) >= 11 is 5.96. The maximum absolute atomic E-state index is 12.2. The SMILES string of the molecule is Cc1ccc(-c2ccc(/C=C3/SC(=S)N(CC(=O)[O-])C3=O)o2)cc1[N+](=O)[O-]. The van der Waals surface area contributed by atoms with Crippen LogP contribution in [-0.2, 0) is 9.59 Å². The van der Waals surface area contributed by atoms with Gasteiger partial charge in [-0.25, -0.2) is 0 Å². The van der Waals surface area contributed by atoms with Gasteiger partial charge in [-0.15, -0.1) is 0 Å². The molecule has 0 bridgehead atoms. The molecule has 0 saturated carbocycles. The fourth-order valence-corrected chi connectivity index (χ4v) is 3.67. The third-order valence-electron chi connectivity index (χ3n) is 3.75. The Hall–Kier alpha value is -2.98. The number of benzene rings is 1. The fraction of sp³-hybridized carbons (Fsp3) is 0.118. The first-order valence-corrected chi connectivity index (χ1v) is 8.79. The van der Waals surface area contributed by atoms with Crippen molar-refractivity contribution in [1.29, 1.82) is 0 Å². The van der Waals surface area contributed by atoms with Gasteiger partial charge in [0.25, 0.3) is 11.6 Å². The summed E-state index contributed by atoms with van der Waals surface area (Å²) in [6.07, 6.45) is 1.45. The second kappa shape index (κ2) is 7.33. The van der Waals surface area contributed by atoms with Gasteiger partial charge < -0.3 is 14.3 Å². The molecule has 1 saturated heterocycles. The molecule has 0 aliphatic carbocycles. The van der Waals surface area contributed by atoms with Gasteiger partial charge in [-0.1, -0.05) is 36.1 Å². The molecule has 2 heterocycles. The van der Waals surface area contributed by atoms with E-state index in [9.17, 15) is 24.8 Å². The lowest BCUT2D eigenvalue weighted by Crippen LogP contribution is -2.40. The topological polar surface area (TPSA) is 117 Å². The minimum absolute atomic E-state index is 0.0198. The summed E-state index contributed by atoms with van der Waals surface area (Å²) < 4.78 is 5.77. The van der Waals surface area contributed by atoms with Crippen molar-refractivity contribution < 1.29 is 24.0 Å². The summed E-state index contributed by atoms with van der Waals surface area (Å²) in [4.78, 5) is 34.7. The lowest BCUT2D eigenvalue weighted by Gasteiger charge is -2.14. The molecule has 27 heavy (non-hydrogen) atoms. The second-order valence-electron chi connectivity index (χ2n) is 5.60. The highest BCUT2D eigenvalue weighted by atomic mass is 32.2. The predicted molar refractivity (Wildman–Crippen MR) is 100 cm³/mol. The van der Waals surface area contributed by atoms with E-state index in [4.69, 9.17) is 16.6 Å². The Morgan fingerprint density at radius 1 is 1.37 bits per heavy atom. The summed E-state index contributed by atoms with van der Waals surface area (Å²) in [7, 11) is 0. The number of amides is 1. The van der Waals surface area contributed by atoms with Gasteiger partial charge in [0.2, 0.25) is 0 Å². The molecule has 0 N–H and O–H groups in total. The Bertz CT molecular complexity index is 1010. The molecule has 1 aromatic heterocycles. The molecular formula is C17H11N2O6S2-. The smallest absolute Gasteiger partial charge is 0.273 e. The zero-order valence-corrected chi connectivity index (χ0v) is 15.5. The molecule has 0 atom stereocenters. The average Bonchev–Trinajstić information content (AvgIpc) is 3.15. The molecule has 1 aromatic carbocycles. The second-order valence-corrected chi connectivity index (χ2v) is 7.28. The summed E-state index contributed by atoms with van der Waals surface area (Å²) in [5, 5.41) is 21.8. The van der Waals surface area contributed by atoms with Crippen LogP contribution in [0, 0.1) is 17.0 Å². The Kier molecular flexibility index (Phi) is 5.10. The van der Waals surface area contributed by atoms with Crippen LogP contribution in [0.15, 0.2) is 39.7 Å². The number of hydrogen-bond donors (Lipinski definition) is 0. The van der Waals surface area contributed by atoms with Crippen LogP contribution < -0.4 is 5.11 Å². The van der Waals surface area contributed by atoms with Gasteiger partial charge in [-0.05, 0) is 19.1 Å². The lowest BCUT2D eigenvalue weighted by molar-refractivity contribution is -0.385. The quantitative estimate of drug-likeness (QED) is 0.322. The number of carbonyl (C=O) groups is 2. The number of aryl methyl sites for hydroxylation is 1. The molecular weight excluding hydrogens is 392 g/mol. The largest absolute Gasteiger partial charge is 0.548 e. The molecule has 0 spiro atoms. The number of aliphatic carboxylic acids is 1. The molecule has 3 rings (SSSR count). The van der Waals surface area contributed by atoms with Crippen molar-refractivity contribution in [3.8, 4) is 11.3 Å². The van der Waals surface area contributed by atoms with Gasteiger partial charge in [0.15, 0.2) is 0 Å². The number of nitro benzene ring substituents is 1. The van der Waals surface area contributed by atoms with Crippen molar-refractivity contribution in [3.05, 3.63) is 56.7 Å². The first-order chi connectivity index (χ1) is 12.8. The number of carboxylic acids is 1. The molecule has 10 heteroatoms. The third-order valence-corrected chi connectivity index (χ3v) is 5.13. The molecule has 1 fully saturated rings. The van der Waals surface area contributed by atoms with Crippen molar-refractivity contribution in [2.75, 3.05) is 6.54 Å². The van der Waals surface area contributed by atoms with Crippen molar-refractivity contribution in [2.45, 2.75) is 6.92 Å². The van der Waals surface area contributed by atoms with Crippen LogP contribution in [0.4, 0.5) is 5.69 Å². The van der Waals surface area contributed by atoms with Crippen LogP contribution >= 0.6 is 24.0 Å². The van der Waals surface area contributed by atoms with Gasteiger partial charge in [0.05, 0.1) is 22.3 Å². The van der Waals surface area contributed by atoms with Crippen molar-refractivity contribution in [3.63, 3.8) is 0 Å². The molecule has 1 aliphatic rings. The average molecular weight is 403 g/mol. The Morgan fingerprint density at radius 3 is 2.78 bits per heavy atom. The molecule has 1 aliphatic heterocycles. The molecule has 8 nitrogen and oxygen atoms in total. The van der Waals surface area contributed by atoms with E-state index in [1.807, 2.05) is 0 Å². The fourth-order valence-electron chi connectivity index (χ4n) is 2.44. The number of thiocarbonyl (C=S) groups is 1. The number of rotatable bonds is 5. The van der Waals surface area contributed by atoms with E-state index in [-0.39, 0.29) is 14.9 Å². The number of furan rings is 1. The number of nitrogens with zero attached hydrogens (tertiary/aromatic N) is 2. The minimum Gasteiger partial charge on any atom is -0.548 e. The monoisotopic (exact) mass is 403 g/mol. The maximum atomic E-state index is 12.2. The lowest BCUT2D eigenvalue weighted by atomic mass is 10.1. The van der Waals surface area contributed by atoms with Gasteiger partial charge in [0.1, 0.15) is 15.8 Å². The molecule has 0 unspecified atom stereocenters. The molecule has 138 valence electrons. The number of hydrogen-bond acceptors (Lipinski definition) is 8. The van der Waals surface area contributed by atoms with Crippen molar-refractivity contribution in [1.82, 2.24) is 4.90 Å². The van der Waals surface area contributed by atoms with E-state index in [0.717, 1.165) is 16.7 Å². The van der Waals surface area contributed by atoms with E-state index in [1.165, 1.54) is 12.1 Å². The number of nitro groups is 1. The van der Waals surface area contributed by atoms with E-state index in [0.29, 0.717) is 22.6 Å². The predicted octanol–water partition coefficient (Wildman–Crippen LogP) is 2.11. The van der Waals surface area contributed by atoms with E-state index in [1.54, 1.807) is 31.2 Å². The summed E-state index contributed by atoms with van der Waals surface area (Å²) in [6, 6.07) is 7.97. The van der Waals surface area contributed by atoms with E-state index < -0.39 is 23.3 Å². The highest BCUT2D eigenvalue weighted by molar-refractivity contribution is 8.26. The zero-order chi connectivity index (χ0) is 19.7. The van der Waals surface area contributed by atoms with E-state index >= 15 is 0 Å². The summed E-state index contributed by atoms with van der Waals surface area (Å²) in [5.41, 5.74) is 1.04. The van der Waals surface area contributed by atoms with Crippen molar-refractivity contribution >= 4 is 51.9 Å². The van der Waals surface area contributed by atoms with Crippen LogP contribution in [-0.4, -0.2) is 32.6 Å². The Labute approximate surface area is 162 Å². The summed E-state index contributed by atoms with van der Waals surface area (Å²) in [5.74, 6) is -1.22. The van der Waals surface area contributed by atoms with Crippen LogP contribution in [0.2, 0.25) is 0 Å². The highest BCUT2D eigenvalue weighted by Gasteiger charge is 2.32. The summed E-state index contributed by atoms with van der Waals surface area (Å²) in [6.45, 7) is 1.03. The standard InChI is InChI=1S/C17H12N2O6S2/c1-9-2-3-10(6-12(9)19(23)24)13-5-4-11(25-13)7-14-16(22)18(8-15(20)21)17(26)27-14/h2-7H,8H2,1H3,(H,20,21)/p-1/b14-7+. The van der Waals surface area contributed by atoms with E-state index in [2.05, 4.69) is 0 Å². The van der Waals surface area contributed by atoms with Gasteiger partial charge in [0, 0.05) is 23.3 Å². The third kappa shape index (κ3) is 3.91. The number of carbonyl (C=O) groups excluding carboxylic acids is 2. The Balaban J connectivity index is 1.87. The highest BCUT2D eigenvalue weighted by Crippen LogP contribution is 2.34. The number of thioether (sulfide) groups is 1. The first-order valence-electron chi connectivity index (χ1n) is 7.56. The van der Waals surface area contributed by atoms with Crippen LogP contribution in [0.5, 0.6) is 0 Å². The van der Waals surface area contributed by atoms with Crippen LogP contribution in [0.3, 0.4) is 0 Å². The van der Waals surface area contributed by atoms with Crippen LogP contribution in [0.25, 0.3) is 17.4 Å².